The molecule has 1 aliphatic heterocycles. The highest BCUT2D eigenvalue weighted by Crippen LogP contribution is 2.17. The monoisotopic (exact) mass is 305 g/mol. The van der Waals surface area contributed by atoms with Gasteiger partial charge < -0.3 is 20.3 Å². The predicted octanol–water partition coefficient (Wildman–Crippen LogP) is 1.38. The van der Waals surface area contributed by atoms with Gasteiger partial charge in [0.15, 0.2) is 5.96 Å². The third kappa shape index (κ3) is 4.87. The van der Waals surface area contributed by atoms with Crippen LogP contribution < -0.4 is 15.5 Å². The van der Waals surface area contributed by atoms with Crippen LogP contribution in [0.15, 0.2) is 23.3 Å². The topological polar surface area (TPSA) is 61.8 Å². The number of nitrogens with zero attached hydrogens (tertiary/aromatic N) is 3. The second-order valence-corrected chi connectivity index (χ2v) is 5.65. The quantitative estimate of drug-likeness (QED) is 0.614. The van der Waals surface area contributed by atoms with Gasteiger partial charge in [-0.3, -0.25) is 4.99 Å². The van der Waals surface area contributed by atoms with Crippen LogP contribution in [0.4, 0.5) is 5.82 Å². The van der Waals surface area contributed by atoms with Crippen LogP contribution in [0.25, 0.3) is 0 Å². The fraction of sp³-hybridized carbons (Fsp3) is 0.625. The molecule has 2 rings (SSSR count). The van der Waals surface area contributed by atoms with E-state index < -0.39 is 0 Å². The molecule has 1 unspecified atom stereocenters. The Labute approximate surface area is 133 Å². The highest BCUT2D eigenvalue weighted by atomic mass is 16.5. The molecule has 0 aliphatic carbocycles. The summed E-state index contributed by atoms with van der Waals surface area (Å²) in [5.41, 5.74) is 1.14. The first-order chi connectivity index (χ1) is 10.7. The Morgan fingerprint density at radius 1 is 1.41 bits per heavy atom. The van der Waals surface area contributed by atoms with Crippen molar-refractivity contribution in [3.8, 4) is 0 Å². The molecule has 6 heteroatoms. The Kier molecular flexibility index (Phi) is 6.45. The lowest BCUT2D eigenvalue weighted by Gasteiger charge is -2.18. The van der Waals surface area contributed by atoms with Crippen molar-refractivity contribution < 1.29 is 4.74 Å². The predicted molar refractivity (Wildman–Crippen MR) is 90.4 cm³/mol. The lowest BCUT2D eigenvalue weighted by molar-refractivity contribution is 0.179. The molecule has 6 nitrogen and oxygen atoms in total. The maximum Gasteiger partial charge on any atom is 0.191 e. The standard InChI is InChI=1S/C16H27N5O/c1-13(12-22-3)20-16(17-2)19-11-14-6-7-15(18-10-14)21-8-4-5-9-21/h6-7,10,13H,4-5,8-9,11-12H2,1-3H3,(H2,17,19,20). The lowest BCUT2D eigenvalue weighted by Crippen LogP contribution is -2.43. The minimum absolute atomic E-state index is 0.215. The molecule has 122 valence electrons. The zero-order chi connectivity index (χ0) is 15.8. The summed E-state index contributed by atoms with van der Waals surface area (Å²) in [5.74, 6) is 1.85. The SMILES string of the molecule is CN=C(NCc1ccc(N2CCCC2)nc1)NC(C)COC. The van der Waals surface area contributed by atoms with Gasteiger partial charge in [-0.25, -0.2) is 4.98 Å². The molecule has 0 saturated carbocycles. The highest BCUT2D eigenvalue weighted by molar-refractivity contribution is 5.79. The molecule has 0 spiro atoms. The van der Waals surface area contributed by atoms with Gasteiger partial charge in [0.25, 0.3) is 0 Å². The Bertz CT molecular complexity index is 468. The van der Waals surface area contributed by atoms with E-state index in [4.69, 9.17) is 4.74 Å². The van der Waals surface area contributed by atoms with Crippen LogP contribution in [0.5, 0.6) is 0 Å². The summed E-state index contributed by atoms with van der Waals surface area (Å²) in [4.78, 5) is 11.1. The van der Waals surface area contributed by atoms with Crippen molar-refractivity contribution in [1.29, 1.82) is 0 Å². The van der Waals surface area contributed by atoms with Crippen molar-refractivity contribution in [2.75, 3.05) is 38.8 Å². The van der Waals surface area contributed by atoms with Crippen LogP contribution in [0.1, 0.15) is 25.3 Å². The molecule has 0 bridgehead atoms. The molecular formula is C16H27N5O. The van der Waals surface area contributed by atoms with Crippen LogP contribution in [0, 0.1) is 0 Å². The number of aliphatic imine (C=N–C) groups is 1. The number of nitrogens with one attached hydrogen (secondary N) is 2. The summed E-state index contributed by atoms with van der Waals surface area (Å²) in [6, 6.07) is 4.44. The van der Waals surface area contributed by atoms with Crippen molar-refractivity contribution in [3.63, 3.8) is 0 Å². The van der Waals surface area contributed by atoms with Crippen LogP contribution in [-0.4, -0.2) is 50.8 Å². The number of anilines is 1. The molecule has 0 amide bonds. The van der Waals surface area contributed by atoms with E-state index in [9.17, 15) is 0 Å². The number of methoxy groups -OCH3 is 1. The molecule has 1 fully saturated rings. The minimum Gasteiger partial charge on any atom is -0.383 e. The molecular weight excluding hydrogens is 278 g/mol. The van der Waals surface area contributed by atoms with E-state index in [1.807, 2.05) is 6.20 Å². The normalized spacial score (nSPS) is 16.7. The molecule has 0 aromatic carbocycles. The Morgan fingerprint density at radius 3 is 2.77 bits per heavy atom. The number of rotatable bonds is 6. The highest BCUT2D eigenvalue weighted by Gasteiger charge is 2.13. The second kappa shape index (κ2) is 8.58. The zero-order valence-corrected chi connectivity index (χ0v) is 13.8. The van der Waals surface area contributed by atoms with Crippen molar-refractivity contribution in [1.82, 2.24) is 15.6 Å². The molecule has 1 aromatic heterocycles. The summed E-state index contributed by atoms with van der Waals surface area (Å²) in [7, 11) is 3.46. The molecule has 1 aromatic rings. The molecule has 1 atom stereocenters. The molecule has 2 heterocycles. The second-order valence-electron chi connectivity index (χ2n) is 5.65. The first-order valence-corrected chi connectivity index (χ1v) is 7.89. The number of hydrogen-bond acceptors (Lipinski definition) is 4. The van der Waals surface area contributed by atoms with Crippen molar-refractivity contribution >= 4 is 11.8 Å². The van der Waals surface area contributed by atoms with Crippen molar-refractivity contribution in [2.45, 2.75) is 32.4 Å². The smallest absolute Gasteiger partial charge is 0.191 e. The number of aromatic nitrogens is 1. The molecule has 1 aliphatic rings. The van der Waals surface area contributed by atoms with Gasteiger partial charge in [-0.1, -0.05) is 6.07 Å². The van der Waals surface area contributed by atoms with E-state index in [2.05, 4.69) is 44.6 Å². The van der Waals surface area contributed by atoms with Gasteiger partial charge in [0.05, 0.1) is 6.61 Å². The van der Waals surface area contributed by atoms with Crippen LogP contribution in [0.2, 0.25) is 0 Å². The summed E-state index contributed by atoms with van der Waals surface area (Å²) in [6.45, 7) is 5.65. The summed E-state index contributed by atoms with van der Waals surface area (Å²) in [6.07, 6.45) is 4.48. The molecule has 1 saturated heterocycles. The maximum absolute atomic E-state index is 5.11. The van der Waals surface area contributed by atoms with Gasteiger partial charge in [-0.05, 0) is 31.4 Å². The van der Waals surface area contributed by atoms with E-state index >= 15 is 0 Å². The van der Waals surface area contributed by atoms with Gasteiger partial charge in [-0.2, -0.15) is 0 Å². The summed E-state index contributed by atoms with van der Waals surface area (Å²) in [5, 5.41) is 6.57. The summed E-state index contributed by atoms with van der Waals surface area (Å²) < 4.78 is 5.11. The fourth-order valence-corrected chi connectivity index (χ4v) is 2.56. The fourth-order valence-electron chi connectivity index (χ4n) is 2.56. The average molecular weight is 305 g/mol. The van der Waals surface area contributed by atoms with Crippen LogP contribution in [-0.2, 0) is 11.3 Å². The van der Waals surface area contributed by atoms with Gasteiger partial charge in [0, 0.05) is 46.0 Å². The molecule has 0 radical (unpaired) electrons. The van der Waals surface area contributed by atoms with Gasteiger partial charge >= 0.3 is 0 Å². The Hall–Kier alpha value is -1.82. The average Bonchev–Trinajstić information content (AvgIpc) is 3.06. The third-order valence-corrected chi connectivity index (χ3v) is 3.72. The Balaban J connectivity index is 1.82. The molecule has 2 N–H and O–H groups in total. The minimum atomic E-state index is 0.215. The van der Waals surface area contributed by atoms with E-state index in [0.29, 0.717) is 13.2 Å². The Morgan fingerprint density at radius 2 is 2.18 bits per heavy atom. The first-order valence-electron chi connectivity index (χ1n) is 7.89. The number of ether oxygens (including phenoxy) is 1. The van der Waals surface area contributed by atoms with Crippen LogP contribution in [0.3, 0.4) is 0 Å². The third-order valence-electron chi connectivity index (χ3n) is 3.72. The number of hydrogen-bond donors (Lipinski definition) is 2. The van der Waals surface area contributed by atoms with E-state index in [1.54, 1.807) is 14.2 Å². The van der Waals surface area contributed by atoms with Gasteiger partial charge in [0.2, 0.25) is 0 Å². The van der Waals surface area contributed by atoms with Gasteiger partial charge in [0.1, 0.15) is 5.82 Å². The maximum atomic E-state index is 5.11. The van der Waals surface area contributed by atoms with E-state index in [0.717, 1.165) is 30.4 Å². The van der Waals surface area contributed by atoms with Crippen molar-refractivity contribution in [2.24, 2.45) is 4.99 Å². The van der Waals surface area contributed by atoms with E-state index in [-0.39, 0.29) is 6.04 Å². The lowest BCUT2D eigenvalue weighted by atomic mass is 10.2. The van der Waals surface area contributed by atoms with E-state index in [1.165, 1.54) is 12.8 Å². The van der Waals surface area contributed by atoms with Crippen molar-refractivity contribution in [3.05, 3.63) is 23.9 Å². The van der Waals surface area contributed by atoms with Gasteiger partial charge in [-0.15, -0.1) is 0 Å². The zero-order valence-electron chi connectivity index (χ0n) is 13.8. The van der Waals surface area contributed by atoms with Crippen LogP contribution >= 0.6 is 0 Å². The molecule has 22 heavy (non-hydrogen) atoms. The number of guanidine groups is 1. The number of pyridine rings is 1. The largest absolute Gasteiger partial charge is 0.383 e. The summed E-state index contributed by atoms with van der Waals surface area (Å²) >= 11 is 0. The first kappa shape index (κ1) is 16.5.